The summed E-state index contributed by atoms with van der Waals surface area (Å²) in [6, 6.07) is 18.1. The quantitative estimate of drug-likeness (QED) is 0.387. The smallest absolute Gasteiger partial charge is 0.264 e. The maximum Gasteiger partial charge on any atom is 0.264 e. The number of carbonyl (C=O) groups is 2. The van der Waals surface area contributed by atoms with Crippen molar-refractivity contribution < 1.29 is 22.4 Å². The summed E-state index contributed by atoms with van der Waals surface area (Å²) < 4.78 is 43.1. The van der Waals surface area contributed by atoms with E-state index in [0.29, 0.717) is 6.54 Å². The molecule has 0 heterocycles. The zero-order chi connectivity index (χ0) is 27.9. The van der Waals surface area contributed by atoms with Crippen LogP contribution in [0.2, 0.25) is 0 Å². The van der Waals surface area contributed by atoms with Crippen LogP contribution in [-0.4, -0.2) is 44.3 Å². The Labute approximate surface area is 224 Å². The fourth-order valence-corrected chi connectivity index (χ4v) is 5.30. The molecule has 202 valence electrons. The second kappa shape index (κ2) is 12.7. The fraction of sp³-hybridized carbons (Fsp3) is 0.310. The van der Waals surface area contributed by atoms with Crippen molar-refractivity contribution in [1.82, 2.24) is 10.2 Å². The third-order valence-corrected chi connectivity index (χ3v) is 7.97. The summed E-state index contributed by atoms with van der Waals surface area (Å²) in [7, 11) is -4.32. The van der Waals surface area contributed by atoms with Gasteiger partial charge in [0.1, 0.15) is 18.4 Å². The topological polar surface area (TPSA) is 86.8 Å². The third-order valence-electron chi connectivity index (χ3n) is 6.20. The summed E-state index contributed by atoms with van der Waals surface area (Å²) in [5.74, 6) is -1.77. The molecule has 3 rings (SSSR count). The van der Waals surface area contributed by atoms with Crippen molar-refractivity contribution in [3.63, 3.8) is 0 Å². The Morgan fingerprint density at radius 2 is 1.50 bits per heavy atom. The Hall–Kier alpha value is -3.72. The number of hydrogen-bond acceptors (Lipinski definition) is 4. The number of benzene rings is 3. The summed E-state index contributed by atoms with van der Waals surface area (Å²) in [5.41, 5.74) is 2.42. The molecule has 0 aliphatic carbocycles. The first-order valence-corrected chi connectivity index (χ1v) is 13.9. The summed E-state index contributed by atoms with van der Waals surface area (Å²) in [6.45, 7) is 7.11. The summed E-state index contributed by atoms with van der Waals surface area (Å²) in [5, 5.41) is 2.79. The number of carbonyl (C=O) groups excluding carboxylic acids is 2. The van der Waals surface area contributed by atoms with Gasteiger partial charge in [-0.2, -0.15) is 0 Å². The minimum atomic E-state index is -4.32. The normalized spacial score (nSPS) is 12.0. The van der Waals surface area contributed by atoms with E-state index in [0.717, 1.165) is 33.5 Å². The fourth-order valence-electron chi connectivity index (χ4n) is 3.87. The molecule has 1 N–H and O–H groups in total. The van der Waals surface area contributed by atoms with Crippen molar-refractivity contribution in [2.45, 2.75) is 51.6 Å². The summed E-state index contributed by atoms with van der Waals surface area (Å²) in [4.78, 5) is 27.9. The van der Waals surface area contributed by atoms with E-state index >= 15 is 0 Å². The van der Waals surface area contributed by atoms with E-state index in [1.165, 1.54) is 35.2 Å². The second-order valence-corrected chi connectivity index (χ2v) is 11.1. The SMILES string of the molecule is CCCNC(=O)[C@@H](C)N(Cc1ccc(C)cc1)C(=O)CN(c1ccccc1F)S(=O)(=O)c1ccc(C)cc1. The first-order chi connectivity index (χ1) is 18.0. The highest BCUT2D eigenvalue weighted by molar-refractivity contribution is 7.92. The zero-order valence-electron chi connectivity index (χ0n) is 22.1. The lowest BCUT2D eigenvalue weighted by atomic mass is 10.1. The molecule has 0 unspecified atom stereocenters. The highest BCUT2D eigenvalue weighted by atomic mass is 32.2. The molecule has 9 heteroatoms. The van der Waals surface area contributed by atoms with Gasteiger partial charge in [-0.05, 0) is 57.0 Å². The van der Waals surface area contributed by atoms with Gasteiger partial charge in [0.05, 0.1) is 10.6 Å². The van der Waals surface area contributed by atoms with Gasteiger partial charge >= 0.3 is 0 Å². The summed E-state index contributed by atoms with van der Waals surface area (Å²) in [6.07, 6.45) is 0.722. The van der Waals surface area contributed by atoms with Crippen molar-refractivity contribution in [1.29, 1.82) is 0 Å². The van der Waals surface area contributed by atoms with Gasteiger partial charge in [-0.15, -0.1) is 0 Å². The lowest BCUT2D eigenvalue weighted by molar-refractivity contribution is -0.139. The molecule has 0 saturated heterocycles. The van der Waals surface area contributed by atoms with Crippen molar-refractivity contribution in [2.24, 2.45) is 0 Å². The third kappa shape index (κ3) is 6.98. The first-order valence-electron chi connectivity index (χ1n) is 12.5. The molecule has 0 aromatic heterocycles. The van der Waals surface area contributed by atoms with Crippen LogP contribution in [0.15, 0.2) is 77.7 Å². The van der Waals surface area contributed by atoms with Gasteiger partial charge < -0.3 is 10.2 Å². The Morgan fingerprint density at radius 3 is 2.08 bits per heavy atom. The van der Waals surface area contributed by atoms with E-state index in [1.807, 2.05) is 45.0 Å². The lowest BCUT2D eigenvalue weighted by Crippen LogP contribution is -2.51. The predicted molar refractivity (Wildman–Crippen MR) is 147 cm³/mol. The van der Waals surface area contributed by atoms with Crippen LogP contribution >= 0.6 is 0 Å². The number of amides is 2. The Balaban J connectivity index is 2.02. The maximum atomic E-state index is 14.9. The van der Waals surface area contributed by atoms with Crippen LogP contribution in [0.25, 0.3) is 0 Å². The molecule has 0 saturated carbocycles. The van der Waals surface area contributed by atoms with E-state index < -0.39 is 34.3 Å². The molecule has 0 aliphatic heterocycles. The average Bonchev–Trinajstić information content (AvgIpc) is 2.90. The van der Waals surface area contributed by atoms with Gasteiger partial charge in [0.2, 0.25) is 11.8 Å². The van der Waals surface area contributed by atoms with Crippen molar-refractivity contribution in [3.05, 3.63) is 95.3 Å². The number of anilines is 1. The number of rotatable bonds is 11. The van der Waals surface area contributed by atoms with Crippen molar-refractivity contribution >= 4 is 27.5 Å². The lowest BCUT2D eigenvalue weighted by Gasteiger charge is -2.32. The van der Waals surface area contributed by atoms with Crippen molar-refractivity contribution in [2.75, 3.05) is 17.4 Å². The average molecular weight is 540 g/mol. The molecule has 0 bridgehead atoms. The van der Waals surface area contributed by atoms with Gasteiger partial charge in [0, 0.05) is 13.1 Å². The minimum Gasteiger partial charge on any atom is -0.354 e. The molecular formula is C29H34FN3O4S. The Morgan fingerprint density at radius 1 is 0.921 bits per heavy atom. The number of aryl methyl sites for hydroxylation is 2. The van der Waals surface area contributed by atoms with Crippen LogP contribution in [0.4, 0.5) is 10.1 Å². The number of nitrogens with one attached hydrogen (secondary N) is 1. The zero-order valence-corrected chi connectivity index (χ0v) is 23.0. The Bertz CT molecular complexity index is 1360. The van der Waals surface area contributed by atoms with E-state index in [4.69, 9.17) is 0 Å². The van der Waals surface area contributed by atoms with Crippen molar-refractivity contribution in [3.8, 4) is 0 Å². The molecule has 2 amide bonds. The van der Waals surface area contributed by atoms with Gasteiger partial charge in [-0.25, -0.2) is 12.8 Å². The molecule has 7 nitrogen and oxygen atoms in total. The van der Waals surface area contributed by atoms with E-state index in [-0.39, 0.29) is 23.0 Å². The van der Waals surface area contributed by atoms with Crippen LogP contribution in [0, 0.1) is 19.7 Å². The molecular weight excluding hydrogens is 505 g/mol. The first kappa shape index (κ1) is 28.8. The van der Waals surface area contributed by atoms with Crippen LogP contribution in [0.3, 0.4) is 0 Å². The highest BCUT2D eigenvalue weighted by Crippen LogP contribution is 2.27. The van der Waals surface area contributed by atoms with E-state index in [9.17, 15) is 22.4 Å². The summed E-state index contributed by atoms with van der Waals surface area (Å²) >= 11 is 0. The number of para-hydroxylation sites is 1. The molecule has 0 spiro atoms. The number of halogens is 1. The standard InChI is InChI=1S/C29H34FN3O4S/c1-5-18-31-29(35)23(4)32(19-24-14-10-21(2)11-15-24)28(34)20-33(27-9-7-6-8-26(27)30)38(36,37)25-16-12-22(3)13-17-25/h6-17,23H,5,18-20H2,1-4H3,(H,31,35)/t23-/m1/s1. The molecule has 0 aliphatic rings. The highest BCUT2D eigenvalue weighted by Gasteiger charge is 2.33. The van der Waals surface area contributed by atoms with E-state index in [1.54, 1.807) is 19.1 Å². The van der Waals surface area contributed by atoms with Crippen LogP contribution in [0.5, 0.6) is 0 Å². The van der Waals surface area contributed by atoms with E-state index in [2.05, 4.69) is 5.32 Å². The van der Waals surface area contributed by atoms with Crippen LogP contribution in [0.1, 0.15) is 37.0 Å². The van der Waals surface area contributed by atoms with Crippen LogP contribution in [-0.2, 0) is 26.2 Å². The Kier molecular flexibility index (Phi) is 9.63. The van der Waals surface area contributed by atoms with Gasteiger partial charge in [-0.3, -0.25) is 13.9 Å². The number of nitrogens with zero attached hydrogens (tertiary/aromatic N) is 2. The molecule has 3 aromatic rings. The molecule has 38 heavy (non-hydrogen) atoms. The second-order valence-electron chi connectivity index (χ2n) is 9.25. The number of hydrogen-bond donors (Lipinski definition) is 1. The molecule has 0 fully saturated rings. The molecule has 0 radical (unpaired) electrons. The largest absolute Gasteiger partial charge is 0.354 e. The minimum absolute atomic E-state index is 0.0713. The van der Waals surface area contributed by atoms with Gasteiger partial charge in [0.25, 0.3) is 10.0 Å². The molecule has 1 atom stereocenters. The number of sulfonamides is 1. The maximum absolute atomic E-state index is 14.9. The molecule has 3 aromatic carbocycles. The van der Waals surface area contributed by atoms with Gasteiger partial charge in [-0.1, -0.05) is 66.6 Å². The monoisotopic (exact) mass is 539 g/mol. The van der Waals surface area contributed by atoms with Gasteiger partial charge in [0.15, 0.2) is 0 Å². The van der Waals surface area contributed by atoms with Crippen LogP contribution < -0.4 is 9.62 Å². The predicted octanol–water partition coefficient (Wildman–Crippen LogP) is 4.58.